The Hall–Kier alpha value is -1.63. The molecule has 1 rings (SSSR count). The second kappa shape index (κ2) is 5.81. The Bertz CT molecular complexity index is 432. The first-order valence-corrected chi connectivity index (χ1v) is 5.12. The zero-order valence-corrected chi connectivity index (χ0v) is 9.22. The first kappa shape index (κ1) is 14.4. The van der Waals surface area contributed by atoms with Gasteiger partial charge in [0.2, 0.25) is 0 Å². The van der Waals surface area contributed by atoms with Crippen LogP contribution in [0.2, 0.25) is 0 Å². The lowest BCUT2D eigenvalue weighted by atomic mass is 10.1. The first-order chi connectivity index (χ1) is 8.36. The Morgan fingerprint density at radius 2 is 2.00 bits per heavy atom. The number of nitrogens with one attached hydrogen (secondary N) is 1. The van der Waals surface area contributed by atoms with E-state index in [1.807, 2.05) is 0 Å². The number of alkyl halides is 3. The molecular weight excluding hydrogens is 254 g/mol. The molecule has 0 bridgehead atoms. The Morgan fingerprint density at radius 3 is 2.56 bits per heavy atom. The SMILES string of the molecule is O=C(NCCCO)c1ccc(F)c(C(F)(F)F)c1. The van der Waals surface area contributed by atoms with Crippen LogP contribution < -0.4 is 5.32 Å². The van der Waals surface area contributed by atoms with Crippen molar-refractivity contribution in [3.05, 3.63) is 35.1 Å². The number of benzene rings is 1. The molecule has 0 saturated carbocycles. The Morgan fingerprint density at radius 1 is 1.33 bits per heavy atom. The predicted molar refractivity (Wildman–Crippen MR) is 55.4 cm³/mol. The molecule has 0 heterocycles. The maximum atomic E-state index is 13.0. The molecule has 0 aliphatic carbocycles. The molecule has 0 aromatic heterocycles. The molecule has 0 saturated heterocycles. The van der Waals surface area contributed by atoms with Crippen molar-refractivity contribution in [3.8, 4) is 0 Å². The number of halogens is 4. The minimum absolute atomic E-state index is 0.133. The highest BCUT2D eigenvalue weighted by Crippen LogP contribution is 2.31. The molecule has 100 valence electrons. The van der Waals surface area contributed by atoms with Gasteiger partial charge in [-0.15, -0.1) is 0 Å². The van der Waals surface area contributed by atoms with Crippen LogP contribution in [0.4, 0.5) is 17.6 Å². The van der Waals surface area contributed by atoms with E-state index in [9.17, 15) is 22.4 Å². The number of aliphatic hydroxyl groups excluding tert-OH is 1. The van der Waals surface area contributed by atoms with Crippen molar-refractivity contribution in [2.24, 2.45) is 0 Å². The van der Waals surface area contributed by atoms with Crippen molar-refractivity contribution in [2.75, 3.05) is 13.2 Å². The highest BCUT2D eigenvalue weighted by Gasteiger charge is 2.34. The Labute approximate surface area is 100 Å². The monoisotopic (exact) mass is 265 g/mol. The summed E-state index contributed by atoms with van der Waals surface area (Å²) >= 11 is 0. The number of carbonyl (C=O) groups is 1. The van der Waals surface area contributed by atoms with E-state index in [2.05, 4.69) is 5.32 Å². The van der Waals surface area contributed by atoms with E-state index in [1.54, 1.807) is 0 Å². The van der Waals surface area contributed by atoms with E-state index in [4.69, 9.17) is 5.11 Å². The maximum absolute atomic E-state index is 13.0. The van der Waals surface area contributed by atoms with E-state index in [-0.39, 0.29) is 18.7 Å². The summed E-state index contributed by atoms with van der Waals surface area (Å²) in [7, 11) is 0. The topological polar surface area (TPSA) is 49.3 Å². The lowest BCUT2D eigenvalue weighted by molar-refractivity contribution is -0.140. The Balaban J connectivity index is 2.88. The lowest BCUT2D eigenvalue weighted by Crippen LogP contribution is -2.25. The van der Waals surface area contributed by atoms with Crippen LogP contribution >= 0.6 is 0 Å². The van der Waals surface area contributed by atoms with Crippen LogP contribution in [0.3, 0.4) is 0 Å². The van der Waals surface area contributed by atoms with Crippen molar-refractivity contribution in [1.29, 1.82) is 0 Å². The number of aliphatic hydroxyl groups is 1. The zero-order chi connectivity index (χ0) is 13.8. The van der Waals surface area contributed by atoms with Crippen LogP contribution in [0, 0.1) is 5.82 Å². The quantitative estimate of drug-likeness (QED) is 0.646. The number of amides is 1. The highest BCUT2D eigenvalue weighted by molar-refractivity contribution is 5.94. The van der Waals surface area contributed by atoms with Crippen molar-refractivity contribution in [3.63, 3.8) is 0 Å². The maximum Gasteiger partial charge on any atom is 0.419 e. The summed E-state index contributed by atoms with van der Waals surface area (Å²) in [6.45, 7) is -0.00837. The van der Waals surface area contributed by atoms with E-state index >= 15 is 0 Å². The standard InChI is InChI=1S/C11H11F4NO2/c12-9-3-2-7(6-8(9)11(13,14)15)10(18)16-4-1-5-17/h2-3,6,17H,1,4-5H2,(H,16,18). The molecule has 0 aliphatic rings. The molecule has 0 spiro atoms. The molecule has 18 heavy (non-hydrogen) atoms. The molecule has 3 nitrogen and oxygen atoms in total. The van der Waals surface area contributed by atoms with Gasteiger partial charge in [-0.1, -0.05) is 0 Å². The second-order valence-electron chi connectivity index (χ2n) is 3.53. The van der Waals surface area contributed by atoms with Gasteiger partial charge in [-0.3, -0.25) is 4.79 Å². The van der Waals surface area contributed by atoms with Gasteiger partial charge in [-0.05, 0) is 24.6 Å². The summed E-state index contributed by atoms with van der Waals surface area (Å²) in [5.74, 6) is -2.16. The summed E-state index contributed by atoms with van der Waals surface area (Å²) in [6.07, 6.45) is -4.55. The van der Waals surface area contributed by atoms with Gasteiger partial charge >= 0.3 is 6.18 Å². The fraction of sp³-hybridized carbons (Fsp3) is 0.364. The molecule has 0 atom stereocenters. The van der Waals surface area contributed by atoms with Gasteiger partial charge < -0.3 is 10.4 Å². The summed E-state index contributed by atoms with van der Waals surface area (Å²) < 4.78 is 50.1. The van der Waals surface area contributed by atoms with Crippen molar-refractivity contribution in [1.82, 2.24) is 5.32 Å². The number of hydrogen-bond donors (Lipinski definition) is 2. The van der Waals surface area contributed by atoms with Crippen molar-refractivity contribution < 1.29 is 27.5 Å². The molecule has 2 N–H and O–H groups in total. The van der Waals surface area contributed by atoms with Gasteiger partial charge in [0, 0.05) is 18.7 Å². The predicted octanol–water partition coefficient (Wildman–Crippen LogP) is 1.96. The van der Waals surface area contributed by atoms with Gasteiger partial charge in [0.05, 0.1) is 5.56 Å². The highest BCUT2D eigenvalue weighted by atomic mass is 19.4. The number of carbonyl (C=O) groups excluding carboxylic acids is 1. The van der Waals surface area contributed by atoms with Crippen LogP contribution in [0.15, 0.2) is 18.2 Å². The average Bonchev–Trinajstić information content (AvgIpc) is 2.28. The normalized spacial score (nSPS) is 11.4. The van der Waals surface area contributed by atoms with Crippen molar-refractivity contribution in [2.45, 2.75) is 12.6 Å². The molecular formula is C11H11F4NO2. The third-order valence-corrected chi connectivity index (χ3v) is 2.15. The second-order valence-corrected chi connectivity index (χ2v) is 3.53. The summed E-state index contributed by atoms with van der Waals surface area (Å²) in [5.41, 5.74) is -1.75. The van der Waals surface area contributed by atoms with Crippen LogP contribution in [-0.2, 0) is 6.18 Å². The van der Waals surface area contributed by atoms with Gasteiger partial charge in [0.15, 0.2) is 0 Å². The molecule has 0 radical (unpaired) electrons. The van der Waals surface area contributed by atoms with Crippen LogP contribution in [-0.4, -0.2) is 24.2 Å². The fourth-order valence-corrected chi connectivity index (χ4v) is 1.27. The van der Waals surface area contributed by atoms with Crippen LogP contribution in [0.5, 0.6) is 0 Å². The average molecular weight is 265 g/mol. The molecule has 0 aliphatic heterocycles. The number of rotatable bonds is 4. The fourth-order valence-electron chi connectivity index (χ4n) is 1.27. The van der Waals surface area contributed by atoms with Gasteiger partial charge in [-0.2, -0.15) is 13.2 Å². The molecule has 0 fully saturated rings. The van der Waals surface area contributed by atoms with E-state index in [1.165, 1.54) is 0 Å². The molecule has 0 unspecified atom stereocenters. The minimum atomic E-state index is -4.84. The summed E-state index contributed by atoms with van der Waals surface area (Å²) in [5, 5.41) is 10.8. The number of hydrogen-bond acceptors (Lipinski definition) is 2. The van der Waals surface area contributed by atoms with E-state index in [0.29, 0.717) is 18.6 Å². The summed E-state index contributed by atoms with van der Waals surface area (Å²) in [4.78, 5) is 11.4. The van der Waals surface area contributed by atoms with E-state index < -0.39 is 23.5 Å². The first-order valence-electron chi connectivity index (χ1n) is 5.12. The third-order valence-electron chi connectivity index (χ3n) is 2.15. The molecule has 1 aromatic rings. The molecule has 1 aromatic carbocycles. The largest absolute Gasteiger partial charge is 0.419 e. The summed E-state index contributed by atoms with van der Waals surface area (Å²) in [6, 6.07) is 2.03. The molecule has 7 heteroatoms. The molecule has 1 amide bonds. The Kier molecular flexibility index (Phi) is 4.66. The van der Waals surface area contributed by atoms with E-state index in [0.717, 1.165) is 6.07 Å². The van der Waals surface area contributed by atoms with Gasteiger partial charge in [0.1, 0.15) is 5.82 Å². The van der Waals surface area contributed by atoms with Gasteiger partial charge in [0.25, 0.3) is 5.91 Å². The lowest BCUT2D eigenvalue weighted by Gasteiger charge is -2.10. The zero-order valence-electron chi connectivity index (χ0n) is 9.22. The minimum Gasteiger partial charge on any atom is -0.396 e. The van der Waals surface area contributed by atoms with Crippen LogP contribution in [0.25, 0.3) is 0 Å². The van der Waals surface area contributed by atoms with Crippen LogP contribution in [0.1, 0.15) is 22.3 Å². The van der Waals surface area contributed by atoms with Crippen molar-refractivity contribution >= 4 is 5.91 Å². The smallest absolute Gasteiger partial charge is 0.396 e. The van der Waals surface area contributed by atoms with Gasteiger partial charge in [-0.25, -0.2) is 4.39 Å². The third kappa shape index (κ3) is 3.69.